The van der Waals surface area contributed by atoms with Crippen molar-refractivity contribution in [2.75, 3.05) is 0 Å². The molecule has 0 aliphatic heterocycles. The number of halogens is 2. The van der Waals surface area contributed by atoms with Gasteiger partial charge in [-0.2, -0.15) is 4.39 Å². The maximum absolute atomic E-state index is 12.8. The Balaban J connectivity index is 2.88. The van der Waals surface area contributed by atoms with E-state index in [9.17, 15) is 9.50 Å². The molecule has 62 valence electrons. The Morgan fingerprint density at radius 3 is 2.92 bits per heavy atom. The van der Waals surface area contributed by atoms with Crippen LogP contribution in [-0.4, -0.2) is 5.11 Å². The van der Waals surface area contributed by atoms with E-state index >= 15 is 0 Å². The van der Waals surface area contributed by atoms with E-state index < -0.39 is 5.13 Å². The average Bonchev–Trinajstić information content (AvgIpc) is 2.31. The molecule has 4 heteroatoms. The van der Waals surface area contributed by atoms with E-state index in [0.29, 0.717) is 5.39 Å². The second-order valence-corrected chi connectivity index (χ2v) is 4.28. The Hall–Kier alpha value is -0.610. The van der Waals surface area contributed by atoms with Gasteiger partial charge in [0, 0.05) is 14.6 Å². The van der Waals surface area contributed by atoms with E-state index in [1.54, 1.807) is 12.1 Å². The zero-order valence-corrected chi connectivity index (χ0v) is 8.25. The largest absolute Gasteiger partial charge is 0.504 e. The minimum Gasteiger partial charge on any atom is -0.504 e. The fraction of sp³-hybridized carbons (Fsp3) is 0. The lowest BCUT2D eigenvalue weighted by Crippen LogP contribution is -1.65. The zero-order valence-electron chi connectivity index (χ0n) is 5.84. The van der Waals surface area contributed by atoms with Gasteiger partial charge >= 0.3 is 0 Å². The second-order valence-electron chi connectivity index (χ2n) is 2.36. The van der Waals surface area contributed by atoms with Crippen molar-refractivity contribution in [3.63, 3.8) is 0 Å². The quantitative estimate of drug-likeness (QED) is 0.755. The monoisotopic (exact) mass is 246 g/mol. The SMILES string of the molecule is Oc1c(F)sc2ccc(Br)cc12. The highest BCUT2D eigenvalue weighted by Crippen LogP contribution is 2.36. The molecule has 1 heterocycles. The molecule has 0 amide bonds. The van der Waals surface area contributed by atoms with Crippen molar-refractivity contribution in [1.29, 1.82) is 0 Å². The highest BCUT2D eigenvalue weighted by atomic mass is 79.9. The Labute approximate surface area is 80.6 Å². The van der Waals surface area contributed by atoms with Crippen LogP contribution in [-0.2, 0) is 0 Å². The van der Waals surface area contributed by atoms with Crippen LogP contribution in [0.5, 0.6) is 5.75 Å². The van der Waals surface area contributed by atoms with Crippen molar-refractivity contribution in [3.05, 3.63) is 27.8 Å². The van der Waals surface area contributed by atoms with Crippen LogP contribution >= 0.6 is 27.3 Å². The van der Waals surface area contributed by atoms with Gasteiger partial charge in [0.05, 0.1) is 0 Å². The normalized spacial score (nSPS) is 10.8. The van der Waals surface area contributed by atoms with Gasteiger partial charge in [-0.15, -0.1) is 11.3 Å². The molecule has 1 N–H and O–H groups in total. The molecular weight excluding hydrogens is 243 g/mol. The first kappa shape index (κ1) is 8.01. The van der Waals surface area contributed by atoms with Crippen LogP contribution in [0.2, 0.25) is 0 Å². The first-order valence-electron chi connectivity index (χ1n) is 3.25. The molecule has 0 spiro atoms. The summed E-state index contributed by atoms with van der Waals surface area (Å²) >= 11 is 4.20. The van der Waals surface area contributed by atoms with E-state index in [1.807, 2.05) is 6.07 Å². The topological polar surface area (TPSA) is 20.2 Å². The van der Waals surface area contributed by atoms with Crippen LogP contribution in [0, 0.1) is 5.13 Å². The first-order valence-corrected chi connectivity index (χ1v) is 4.86. The minimum absolute atomic E-state index is 0.253. The van der Waals surface area contributed by atoms with Crippen molar-refractivity contribution >= 4 is 37.4 Å². The number of aromatic hydroxyl groups is 1. The second kappa shape index (κ2) is 2.71. The Morgan fingerprint density at radius 1 is 1.42 bits per heavy atom. The van der Waals surface area contributed by atoms with Crippen LogP contribution < -0.4 is 0 Å². The molecule has 0 unspecified atom stereocenters. The van der Waals surface area contributed by atoms with Crippen molar-refractivity contribution < 1.29 is 9.50 Å². The lowest BCUT2D eigenvalue weighted by molar-refractivity contribution is 0.448. The number of benzene rings is 1. The molecule has 1 aromatic carbocycles. The highest BCUT2D eigenvalue weighted by Gasteiger charge is 2.09. The van der Waals surface area contributed by atoms with Crippen LogP contribution in [0.1, 0.15) is 0 Å². The third kappa shape index (κ3) is 1.11. The number of thiophene rings is 1. The van der Waals surface area contributed by atoms with Gasteiger partial charge in [-0.3, -0.25) is 0 Å². The van der Waals surface area contributed by atoms with Gasteiger partial charge in [0.15, 0.2) is 5.75 Å². The van der Waals surface area contributed by atoms with Gasteiger partial charge in [-0.25, -0.2) is 0 Å². The molecular formula is C8H4BrFOS. The molecule has 2 aromatic rings. The van der Waals surface area contributed by atoms with Gasteiger partial charge in [0.1, 0.15) is 0 Å². The summed E-state index contributed by atoms with van der Waals surface area (Å²) in [6.07, 6.45) is 0. The summed E-state index contributed by atoms with van der Waals surface area (Å²) < 4.78 is 14.4. The van der Waals surface area contributed by atoms with E-state index in [4.69, 9.17) is 0 Å². The van der Waals surface area contributed by atoms with Gasteiger partial charge in [-0.05, 0) is 18.2 Å². The van der Waals surface area contributed by atoms with E-state index in [0.717, 1.165) is 20.5 Å². The van der Waals surface area contributed by atoms with Gasteiger partial charge in [0.2, 0.25) is 5.13 Å². The smallest absolute Gasteiger partial charge is 0.219 e. The molecule has 0 atom stereocenters. The molecule has 0 saturated carbocycles. The van der Waals surface area contributed by atoms with E-state index in [1.165, 1.54) is 0 Å². The third-order valence-electron chi connectivity index (χ3n) is 1.58. The van der Waals surface area contributed by atoms with Gasteiger partial charge in [0.25, 0.3) is 0 Å². The maximum Gasteiger partial charge on any atom is 0.219 e. The van der Waals surface area contributed by atoms with Gasteiger partial charge in [-0.1, -0.05) is 15.9 Å². The molecule has 1 aromatic heterocycles. The summed E-state index contributed by atoms with van der Waals surface area (Å²) in [6.45, 7) is 0. The van der Waals surface area contributed by atoms with Crippen molar-refractivity contribution in [3.8, 4) is 5.75 Å². The number of fused-ring (bicyclic) bond motifs is 1. The molecule has 0 saturated heterocycles. The molecule has 0 fully saturated rings. The van der Waals surface area contributed by atoms with E-state index in [2.05, 4.69) is 15.9 Å². The van der Waals surface area contributed by atoms with Crippen molar-refractivity contribution in [2.45, 2.75) is 0 Å². The predicted molar refractivity (Wildman–Crippen MR) is 51.1 cm³/mol. The standard InChI is InChI=1S/C8H4BrFOS/c9-4-1-2-6-5(3-4)7(11)8(10)12-6/h1-3,11H. The molecule has 2 rings (SSSR count). The molecule has 0 bridgehead atoms. The molecule has 12 heavy (non-hydrogen) atoms. The minimum atomic E-state index is -0.525. The fourth-order valence-electron chi connectivity index (χ4n) is 1.03. The highest BCUT2D eigenvalue weighted by molar-refractivity contribution is 9.10. The Bertz CT molecular complexity index is 438. The summed E-state index contributed by atoms with van der Waals surface area (Å²) in [4.78, 5) is 0. The summed E-state index contributed by atoms with van der Waals surface area (Å²) in [6, 6.07) is 5.29. The Kier molecular flexibility index (Phi) is 1.81. The van der Waals surface area contributed by atoms with Crippen LogP contribution in [0.4, 0.5) is 4.39 Å². The van der Waals surface area contributed by atoms with Crippen molar-refractivity contribution in [1.82, 2.24) is 0 Å². The fourth-order valence-corrected chi connectivity index (χ4v) is 2.19. The lowest BCUT2D eigenvalue weighted by atomic mass is 10.2. The van der Waals surface area contributed by atoms with Gasteiger partial charge < -0.3 is 5.11 Å². The molecule has 1 nitrogen and oxygen atoms in total. The van der Waals surface area contributed by atoms with Crippen LogP contribution in [0.15, 0.2) is 22.7 Å². The summed E-state index contributed by atoms with van der Waals surface area (Å²) in [7, 11) is 0. The third-order valence-corrected chi connectivity index (χ3v) is 3.02. The summed E-state index contributed by atoms with van der Waals surface area (Å²) in [5, 5.41) is 9.27. The van der Waals surface area contributed by atoms with Crippen LogP contribution in [0.3, 0.4) is 0 Å². The van der Waals surface area contributed by atoms with E-state index in [-0.39, 0.29) is 5.75 Å². The molecule has 0 radical (unpaired) electrons. The lowest BCUT2D eigenvalue weighted by Gasteiger charge is -1.90. The first-order chi connectivity index (χ1) is 5.68. The van der Waals surface area contributed by atoms with Crippen molar-refractivity contribution in [2.24, 2.45) is 0 Å². The summed E-state index contributed by atoms with van der Waals surface area (Å²) in [5.74, 6) is -0.253. The summed E-state index contributed by atoms with van der Waals surface area (Å²) in [5.41, 5.74) is 0. The maximum atomic E-state index is 12.8. The Morgan fingerprint density at radius 2 is 2.17 bits per heavy atom. The average molecular weight is 247 g/mol. The van der Waals surface area contributed by atoms with Crippen LogP contribution in [0.25, 0.3) is 10.1 Å². The number of hydrogen-bond acceptors (Lipinski definition) is 2. The number of hydrogen-bond donors (Lipinski definition) is 1. The number of rotatable bonds is 0. The predicted octanol–water partition coefficient (Wildman–Crippen LogP) is 3.51. The molecule has 0 aliphatic carbocycles. The zero-order chi connectivity index (χ0) is 8.72. The molecule has 0 aliphatic rings.